The largest absolute Gasteiger partial charge is 0.337 e. The van der Waals surface area contributed by atoms with Gasteiger partial charge in [-0.2, -0.15) is 0 Å². The third-order valence-corrected chi connectivity index (χ3v) is 4.87. The first kappa shape index (κ1) is 13.1. The van der Waals surface area contributed by atoms with Crippen LogP contribution in [0.5, 0.6) is 0 Å². The van der Waals surface area contributed by atoms with E-state index in [-0.39, 0.29) is 5.78 Å². The molecule has 0 aliphatic heterocycles. The van der Waals surface area contributed by atoms with Crippen LogP contribution in [-0.2, 0) is 13.0 Å². The van der Waals surface area contributed by atoms with E-state index in [4.69, 9.17) is 0 Å². The second-order valence-electron chi connectivity index (χ2n) is 4.97. The lowest BCUT2D eigenvalue weighted by molar-refractivity contribution is 0.0977. The van der Waals surface area contributed by atoms with E-state index in [1.807, 2.05) is 18.2 Å². The highest BCUT2D eigenvalue weighted by molar-refractivity contribution is 7.14. The Bertz CT molecular complexity index is 766. The highest BCUT2D eigenvalue weighted by atomic mass is 32.1. The average Bonchev–Trinajstić information content (AvgIpc) is 3.04. The predicted molar refractivity (Wildman–Crippen MR) is 84.7 cm³/mol. The van der Waals surface area contributed by atoms with Gasteiger partial charge in [0.05, 0.1) is 11.4 Å². The van der Waals surface area contributed by atoms with E-state index >= 15 is 0 Å². The number of aryl methyl sites for hydroxylation is 2. The highest BCUT2D eigenvalue weighted by Crippen LogP contribution is 2.22. The van der Waals surface area contributed by atoms with Gasteiger partial charge in [-0.1, -0.05) is 25.1 Å². The van der Waals surface area contributed by atoms with Crippen LogP contribution < -0.4 is 0 Å². The van der Waals surface area contributed by atoms with Crippen LogP contribution in [0, 0.1) is 6.92 Å². The minimum Gasteiger partial charge on any atom is -0.337 e. The summed E-state index contributed by atoms with van der Waals surface area (Å²) in [6.07, 6.45) is 0.990. The van der Waals surface area contributed by atoms with Gasteiger partial charge in [-0.25, -0.2) is 0 Å². The third-order valence-electron chi connectivity index (χ3n) is 3.60. The number of carbonyl (C=O) groups is 1. The lowest BCUT2D eigenvalue weighted by Gasteiger charge is -2.06. The maximum Gasteiger partial charge on any atom is 0.192 e. The molecule has 102 valence electrons. The normalized spacial score (nSPS) is 11.1. The lowest BCUT2D eigenvalue weighted by Crippen LogP contribution is -2.10. The molecule has 0 atom stereocenters. The number of aromatic nitrogens is 1. The molecular weight excluding hydrogens is 266 g/mol. The molecular formula is C17H17NOS. The number of thiophene rings is 1. The topological polar surface area (TPSA) is 22.0 Å². The number of benzene rings is 1. The molecule has 0 saturated carbocycles. The summed E-state index contributed by atoms with van der Waals surface area (Å²) in [5.74, 6) is 0.194. The Morgan fingerprint density at radius 1 is 1.20 bits per heavy atom. The van der Waals surface area contributed by atoms with Crippen molar-refractivity contribution in [1.82, 2.24) is 4.57 Å². The standard InChI is InChI=1S/C17H17NOS/c1-3-14-8-9-17(20-14)16(19)11-18-12(2)10-13-6-4-5-7-15(13)18/h4-10H,3,11H2,1-2H3. The van der Waals surface area contributed by atoms with Crippen molar-refractivity contribution in [2.45, 2.75) is 26.8 Å². The molecule has 20 heavy (non-hydrogen) atoms. The molecule has 3 heteroatoms. The molecule has 2 heterocycles. The number of carbonyl (C=O) groups excluding carboxylic acids is 1. The van der Waals surface area contributed by atoms with Gasteiger partial charge in [0.25, 0.3) is 0 Å². The Morgan fingerprint density at radius 2 is 2.00 bits per heavy atom. The number of fused-ring (bicyclic) bond motifs is 1. The predicted octanol–water partition coefficient (Wildman–Crippen LogP) is 4.46. The van der Waals surface area contributed by atoms with Crippen molar-refractivity contribution >= 4 is 28.0 Å². The Morgan fingerprint density at radius 3 is 2.75 bits per heavy atom. The van der Waals surface area contributed by atoms with Crippen molar-refractivity contribution in [2.75, 3.05) is 0 Å². The first-order valence-electron chi connectivity index (χ1n) is 6.86. The van der Waals surface area contributed by atoms with Gasteiger partial charge in [0.2, 0.25) is 0 Å². The van der Waals surface area contributed by atoms with E-state index in [0.29, 0.717) is 6.54 Å². The maximum atomic E-state index is 12.4. The van der Waals surface area contributed by atoms with Crippen molar-refractivity contribution < 1.29 is 4.79 Å². The third kappa shape index (κ3) is 2.29. The van der Waals surface area contributed by atoms with Crippen LogP contribution >= 0.6 is 11.3 Å². The molecule has 3 aromatic rings. The van der Waals surface area contributed by atoms with E-state index in [0.717, 1.165) is 22.5 Å². The highest BCUT2D eigenvalue weighted by Gasteiger charge is 2.13. The Labute approximate surface area is 122 Å². The molecule has 0 fully saturated rings. The van der Waals surface area contributed by atoms with Gasteiger partial charge in [-0.15, -0.1) is 11.3 Å². The molecule has 0 aliphatic rings. The zero-order valence-electron chi connectivity index (χ0n) is 11.7. The first-order chi connectivity index (χ1) is 9.69. The minimum absolute atomic E-state index is 0.194. The summed E-state index contributed by atoms with van der Waals surface area (Å²) in [7, 11) is 0. The molecule has 0 spiro atoms. The minimum atomic E-state index is 0.194. The van der Waals surface area contributed by atoms with Gasteiger partial charge in [0.1, 0.15) is 0 Å². The second kappa shape index (κ2) is 5.25. The molecule has 2 aromatic heterocycles. The molecule has 0 unspecified atom stereocenters. The van der Waals surface area contributed by atoms with Gasteiger partial charge in [-0.3, -0.25) is 4.79 Å². The average molecular weight is 283 g/mol. The molecule has 1 aromatic carbocycles. The smallest absolute Gasteiger partial charge is 0.192 e. The maximum absolute atomic E-state index is 12.4. The lowest BCUT2D eigenvalue weighted by atomic mass is 10.2. The molecule has 2 nitrogen and oxygen atoms in total. The van der Waals surface area contributed by atoms with Crippen LogP contribution in [0.2, 0.25) is 0 Å². The number of hydrogen-bond donors (Lipinski definition) is 0. The zero-order chi connectivity index (χ0) is 14.1. The van der Waals surface area contributed by atoms with Gasteiger partial charge >= 0.3 is 0 Å². The summed E-state index contributed by atoms with van der Waals surface area (Å²) in [5, 5.41) is 1.19. The van der Waals surface area contributed by atoms with Crippen LogP contribution in [0.15, 0.2) is 42.5 Å². The zero-order valence-corrected chi connectivity index (χ0v) is 12.5. The number of nitrogens with zero attached hydrogens (tertiary/aromatic N) is 1. The molecule has 0 N–H and O–H groups in total. The Kier molecular flexibility index (Phi) is 3.45. The summed E-state index contributed by atoms with van der Waals surface area (Å²) in [6.45, 7) is 4.59. The molecule has 0 aliphatic carbocycles. The van der Waals surface area contributed by atoms with Gasteiger partial charge in [0, 0.05) is 16.1 Å². The summed E-state index contributed by atoms with van der Waals surface area (Å²) in [5.41, 5.74) is 2.26. The number of para-hydroxylation sites is 1. The second-order valence-corrected chi connectivity index (χ2v) is 6.14. The molecule has 0 bridgehead atoms. The fraction of sp³-hybridized carbons (Fsp3) is 0.235. The van der Waals surface area contributed by atoms with Crippen LogP contribution in [-0.4, -0.2) is 10.4 Å². The van der Waals surface area contributed by atoms with Crippen LogP contribution in [0.25, 0.3) is 10.9 Å². The number of rotatable bonds is 4. The van der Waals surface area contributed by atoms with Gasteiger partial charge < -0.3 is 4.57 Å². The molecule has 0 saturated heterocycles. The Balaban J connectivity index is 1.92. The first-order valence-corrected chi connectivity index (χ1v) is 7.67. The summed E-state index contributed by atoms with van der Waals surface area (Å²) < 4.78 is 2.10. The van der Waals surface area contributed by atoms with E-state index in [9.17, 15) is 4.79 Å². The van der Waals surface area contributed by atoms with Crippen LogP contribution in [0.1, 0.15) is 27.2 Å². The van der Waals surface area contributed by atoms with Gasteiger partial charge in [0.15, 0.2) is 5.78 Å². The molecule has 3 rings (SSSR count). The van der Waals surface area contributed by atoms with Crippen molar-refractivity contribution in [1.29, 1.82) is 0 Å². The van der Waals surface area contributed by atoms with E-state index in [1.165, 1.54) is 10.3 Å². The summed E-state index contributed by atoms with van der Waals surface area (Å²) in [6, 6.07) is 14.3. The molecule has 0 radical (unpaired) electrons. The van der Waals surface area contributed by atoms with E-state index < -0.39 is 0 Å². The fourth-order valence-corrected chi connectivity index (χ4v) is 3.37. The SMILES string of the molecule is CCc1ccc(C(=O)Cn2c(C)cc3ccccc32)s1. The Hall–Kier alpha value is -1.87. The van der Waals surface area contributed by atoms with E-state index in [1.54, 1.807) is 11.3 Å². The van der Waals surface area contributed by atoms with Crippen molar-refractivity contribution in [2.24, 2.45) is 0 Å². The van der Waals surface area contributed by atoms with Crippen molar-refractivity contribution in [3.8, 4) is 0 Å². The van der Waals surface area contributed by atoms with Gasteiger partial charge in [-0.05, 0) is 43.0 Å². The van der Waals surface area contributed by atoms with Crippen molar-refractivity contribution in [3.05, 3.63) is 57.9 Å². The van der Waals surface area contributed by atoms with Crippen molar-refractivity contribution in [3.63, 3.8) is 0 Å². The van der Waals surface area contributed by atoms with E-state index in [2.05, 4.69) is 42.7 Å². The monoisotopic (exact) mass is 283 g/mol. The summed E-state index contributed by atoms with van der Waals surface area (Å²) >= 11 is 1.61. The number of hydrogen-bond acceptors (Lipinski definition) is 2. The van der Waals surface area contributed by atoms with Crippen LogP contribution in [0.3, 0.4) is 0 Å². The summed E-state index contributed by atoms with van der Waals surface area (Å²) in [4.78, 5) is 14.6. The van der Waals surface area contributed by atoms with Crippen LogP contribution in [0.4, 0.5) is 0 Å². The number of ketones is 1. The fourth-order valence-electron chi connectivity index (χ4n) is 2.50. The quantitative estimate of drug-likeness (QED) is 0.648. The number of Topliss-reactive ketones (excluding diaryl/α,β-unsaturated/α-hetero) is 1. The molecule has 0 amide bonds.